The van der Waals surface area contributed by atoms with E-state index in [2.05, 4.69) is 9.88 Å². The quantitative estimate of drug-likeness (QED) is 0.162. The summed E-state index contributed by atoms with van der Waals surface area (Å²) in [4.78, 5) is 34.6. The molecule has 3 fully saturated rings. The molecule has 0 unspecified atom stereocenters. The van der Waals surface area contributed by atoms with Crippen molar-refractivity contribution in [3.8, 4) is 17.2 Å². The first-order chi connectivity index (χ1) is 23.6. The van der Waals surface area contributed by atoms with Gasteiger partial charge in [0.05, 0.1) is 26.5 Å². The number of anilines is 1. The van der Waals surface area contributed by atoms with Crippen molar-refractivity contribution in [2.24, 2.45) is 5.92 Å². The van der Waals surface area contributed by atoms with Gasteiger partial charge in [0.15, 0.2) is 23.9 Å². The Morgan fingerprint density at radius 1 is 1.04 bits per heavy atom. The zero-order valence-corrected chi connectivity index (χ0v) is 29.6. The van der Waals surface area contributed by atoms with Gasteiger partial charge >= 0.3 is 12.1 Å². The van der Waals surface area contributed by atoms with Gasteiger partial charge in [0.1, 0.15) is 38.7 Å². The molecule has 2 atom stereocenters. The van der Waals surface area contributed by atoms with Crippen LogP contribution >= 0.6 is 34.5 Å². The van der Waals surface area contributed by atoms with Crippen LogP contribution in [0.1, 0.15) is 44.6 Å². The largest absolute Gasteiger partial charge is 0.870 e. The number of esters is 1. The summed E-state index contributed by atoms with van der Waals surface area (Å²) in [5, 5.41) is 10.9. The van der Waals surface area contributed by atoms with Crippen LogP contribution in [0.4, 0.5) is 14.9 Å². The van der Waals surface area contributed by atoms with E-state index in [1.165, 1.54) is 25.2 Å². The number of aromatic amines is 1. The lowest BCUT2D eigenvalue weighted by Gasteiger charge is -2.44. The van der Waals surface area contributed by atoms with Crippen molar-refractivity contribution in [1.82, 2.24) is 4.90 Å². The van der Waals surface area contributed by atoms with Gasteiger partial charge in [0.25, 0.3) is 0 Å². The van der Waals surface area contributed by atoms with E-state index in [0.29, 0.717) is 44.1 Å². The SMILES string of the molecule is COc1ccc([C@H](Cc2c(Cl)c[nH+]cc2Cl)OC(=O)c2ccc(CN(C(=O)O[C@H]3CN4CCC3CC4)c3cc(O)cc(F)c3)s2)cc1OC.[OH-]. The molecule has 2 aromatic carbocycles. The number of phenolic OH excluding ortho intramolecular Hbond substituents is 1. The van der Waals surface area contributed by atoms with Crippen molar-refractivity contribution in [3.05, 3.63) is 97.7 Å². The topological polar surface area (TPSA) is 142 Å². The fourth-order valence-corrected chi connectivity index (χ4v) is 7.68. The number of thiophene rings is 1. The summed E-state index contributed by atoms with van der Waals surface area (Å²) < 4.78 is 37.3. The Balaban J connectivity index is 0.00000486. The van der Waals surface area contributed by atoms with Crippen LogP contribution < -0.4 is 19.4 Å². The molecule has 11 nitrogen and oxygen atoms in total. The second-order valence-corrected chi connectivity index (χ2v) is 13.9. The Labute approximate surface area is 302 Å². The van der Waals surface area contributed by atoms with Crippen LogP contribution in [-0.4, -0.2) is 67.5 Å². The van der Waals surface area contributed by atoms with Crippen LogP contribution in [0.25, 0.3) is 0 Å². The van der Waals surface area contributed by atoms with Crippen LogP contribution in [0.3, 0.4) is 0 Å². The summed E-state index contributed by atoms with van der Waals surface area (Å²) in [6.45, 7) is 2.56. The number of carbonyl (C=O) groups is 2. The van der Waals surface area contributed by atoms with Gasteiger partial charge in [0, 0.05) is 35.5 Å². The first-order valence-electron chi connectivity index (χ1n) is 15.7. The van der Waals surface area contributed by atoms with Gasteiger partial charge in [0.2, 0.25) is 0 Å². The highest BCUT2D eigenvalue weighted by Gasteiger charge is 2.37. The van der Waals surface area contributed by atoms with Gasteiger partial charge in [-0.05, 0) is 67.7 Å². The summed E-state index contributed by atoms with van der Waals surface area (Å²) in [6, 6.07) is 11.9. The number of carbonyl (C=O) groups excluding carboxylic acids is 2. The number of benzene rings is 2. The number of piperidine rings is 3. The average Bonchev–Trinajstić information content (AvgIpc) is 3.57. The number of nitrogens with one attached hydrogen (secondary N) is 1. The highest BCUT2D eigenvalue weighted by Crippen LogP contribution is 2.37. The first kappa shape index (κ1) is 37.1. The molecule has 50 heavy (non-hydrogen) atoms. The molecule has 3 aliphatic heterocycles. The molecule has 0 aliphatic carbocycles. The summed E-state index contributed by atoms with van der Waals surface area (Å²) in [5.74, 6) is -0.431. The second kappa shape index (κ2) is 16.3. The average molecular weight is 749 g/mol. The molecular weight excluding hydrogens is 712 g/mol. The molecule has 3 saturated heterocycles. The number of pyridine rings is 1. The van der Waals surface area contributed by atoms with Crippen molar-refractivity contribution in [2.75, 3.05) is 38.8 Å². The number of phenols is 1. The summed E-state index contributed by atoms with van der Waals surface area (Å²) in [5.41, 5.74) is 1.33. The van der Waals surface area contributed by atoms with E-state index in [-0.39, 0.29) is 46.8 Å². The van der Waals surface area contributed by atoms with Crippen molar-refractivity contribution < 1.29 is 48.5 Å². The van der Waals surface area contributed by atoms with Crippen molar-refractivity contribution in [1.29, 1.82) is 0 Å². The second-order valence-electron chi connectivity index (χ2n) is 11.9. The molecule has 5 heterocycles. The van der Waals surface area contributed by atoms with Gasteiger partial charge in [-0.25, -0.2) is 19.0 Å². The molecular formula is C35H36Cl2FN3O8S. The number of fused-ring (bicyclic) bond motifs is 3. The number of halogens is 3. The number of aromatic hydroxyl groups is 1. The zero-order chi connectivity index (χ0) is 34.7. The smallest absolute Gasteiger partial charge is 0.414 e. The number of aromatic nitrogens is 1. The Bertz CT molecular complexity index is 1800. The highest BCUT2D eigenvalue weighted by atomic mass is 35.5. The number of ether oxygens (including phenoxy) is 4. The maximum atomic E-state index is 14.4. The molecule has 2 bridgehead atoms. The third-order valence-corrected chi connectivity index (χ3v) is 10.6. The highest BCUT2D eigenvalue weighted by molar-refractivity contribution is 7.14. The molecule has 266 valence electrons. The summed E-state index contributed by atoms with van der Waals surface area (Å²) >= 11 is 14.1. The number of amides is 1. The van der Waals surface area contributed by atoms with E-state index < -0.39 is 24.0 Å². The molecule has 3 aliphatic rings. The van der Waals surface area contributed by atoms with Crippen molar-refractivity contribution in [3.63, 3.8) is 0 Å². The predicted octanol–water partition coefficient (Wildman–Crippen LogP) is 6.93. The molecule has 4 aromatic rings. The fourth-order valence-electron chi connectivity index (χ4n) is 6.27. The Morgan fingerprint density at radius 2 is 1.76 bits per heavy atom. The molecule has 0 radical (unpaired) electrons. The fraction of sp³-hybridized carbons (Fsp3) is 0.343. The number of rotatable bonds is 11. The van der Waals surface area contributed by atoms with E-state index >= 15 is 0 Å². The van der Waals surface area contributed by atoms with Gasteiger partial charge in [-0.3, -0.25) is 9.80 Å². The van der Waals surface area contributed by atoms with Crippen LogP contribution in [-0.2, 0) is 22.4 Å². The number of methoxy groups -OCH3 is 2. The molecule has 1 amide bonds. The molecule has 3 N–H and O–H groups in total. The lowest BCUT2D eigenvalue weighted by molar-refractivity contribution is -0.377. The molecule has 2 aromatic heterocycles. The van der Waals surface area contributed by atoms with E-state index in [0.717, 1.165) is 49.4 Å². The third-order valence-electron chi connectivity index (χ3n) is 8.84. The van der Waals surface area contributed by atoms with Crippen LogP contribution in [0, 0.1) is 11.7 Å². The molecule has 7 rings (SSSR count). The number of hydrogen-bond donors (Lipinski definition) is 1. The standard InChI is InChI=1S/C35H34Cl2FN3O7S.H2O/c1-45-29-5-3-21(11-31(29)46-2)30(15-26-27(36)16-39-17-28(26)37)47-34(43)33-6-4-25(49-33)18-41(23-12-22(38)13-24(42)14-23)35(44)48-32-19-40-9-7-20(32)8-10-40;/h3-6,11-14,16-17,20,30,32,42H,7-10,15,18-19H2,1-2H3;1H2/t30-,32-;/m0./s1. The number of nitrogens with zero attached hydrogens (tertiary/aromatic N) is 2. The number of H-pyrrole nitrogens is 1. The number of hydrogen-bond acceptors (Lipinski definition) is 10. The van der Waals surface area contributed by atoms with Gasteiger partial charge in [-0.15, -0.1) is 11.3 Å². The minimum Gasteiger partial charge on any atom is -0.870 e. The molecule has 0 saturated carbocycles. The maximum absolute atomic E-state index is 14.4. The maximum Gasteiger partial charge on any atom is 0.414 e. The summed E-state index contributed by atoms with van der Waals surface area (Å²) in [7, 11) is 3.04. The third kappa shape index (κ3) is 8.41. The van der Waals surface area contributed by atoms with Crippen LogP contribution in [0.15, 0.2) is 60.9 Å². The predicted molar refractivity (Wildman–Crippen MR) is 184 cm³/mol. The van der Waals surface area contributed by atoms with E-state index in [1.54, 1.807) is 42.7 Å². The normalized spacial score (nSPS) is 18.5. The first-order valence-corrected chi connectivity index (χ1v) is 17.2. The summed E-state index contributed by atoms with van der Waals surface area (Å²) in [6.07, 6.45) is 3.46. The lowest BCUT2D eigenvalue weighted by Crippen LogP contribution is -2.53. The van der Waals surface area contributed by atoms with E-state index in [1.807, 2.05) is 0 Å². The Morgan fingerprint density at radius 3 is 2.40 bits per heavy atom. The zero-order valence-electron chi connectivity index (χ0n) is 27.2. The lowest BCUT2D eigenvalue weighted by atomic mass is 9.86. The van der Waals surface area contributed by atoms with Crippen LogP contribution in [0.2, 0.25) is 10.0 Å². The van der Waals surface area contributed by atoms with Crippen molar-refractivity contribution in [2.45, 2.75) is 38.0 Å². The minimum absolute atomic E-state index is 0. The molecule has 15 heteroatoms. The monoisotopic (exact) mass is 747 g/mol. The van der Waals surface area contributed by atoms with Gasteiger partial charge in [-0.2, -0.15) is 0 Å². The van der Waals surface area contributed by atoms with E-state index in [9.17, 15) is 19.1 Å². The molecule has 0 spiro atoms. The Kier molecular flexibility index (Phi) is 12.1. The van der Waals surface area contributed by atoms with Crippen molar-refractivity contribution >= 4 is 52.3 Å². The van der Waals surface area contributed by atoms with Gasteiger partial charge < -0.3 is 29.5 Å². The minimum atomic E-state index is -0.821. The van der Waals surface area contributed by atoms with E-state index in [4.69, 9.17) is 42.1 Å². The Hall–Kier alpha value is -4.14. The van der Waals surface area contributed by atoms with Crippen LogP contribution in [0.5, 0.6) is 17.2 Å². The van der Waals surface area contributed by atoms with Gasteiger partial charge in [-0.1, -0.05) is 29.3 Å².